The number of rotatable bonds is 3. The Morgan fingerprint density at radius 3 is 2.17 bits per heavy atom. The Bertz CT molecular complexity index is 532. The van der Waals surface area contributed by atoms with Gasteiger partial charge in [-0.05, 0) is 64.7 Å². The van der Waals surface area contributed by atoms with Gasteiger partial charge in [-0.25, -0.2) is 4.79 Å². The zero-order chi connectivity index (χ0) is 17.5. The lowest BCUT2D eigenvalue weighted by Gasteiger charge is -2.52. The molecule has 2 saturated carbocycles. The number of hydrogen-bond donors (Lipinski definition) is 1. The maximum Gasteiger partial charge on any atom is 0.407 e. The van der Waals surface area contributed by atoms with E-state index in [9.17, 15) is 14.4 Å². The minimum atomic E-state index is -0.481. The highest BCUT2D eigenvalue weighted by Gasteiger charge is 2.48. The molecule has 1 heterocycles. The lowest BCUT2D eigenvalue weighted by molar-refractivity contribution is -0.147. The summed E-state index contributed by atoms with van der Waals surface area (Å²) in [5.41, 5.74) is -0.260. The van der Waals surface area contributed by atoms with E-state index < -0.39 is 5.60 Å². The zero-order valence-electron chi connectivity index (χ0n) is 14.9. The molecule has 0 unspecified atom stereocenters. The average Bonchev–Trinajstić information content (AvgIpc) is 3.27. The first kappa shape index (κ1) is 17.2. The number of likely N-dealkylation sites (tertiary alicyclic amines) is 1. The van der Waals surface area contributed by atoms with Gasteiger partial charge in [-0.3, -0.25) is 9.59 Å². The monoisotopic (exact) mass is 336 g/mol. The van der Waals surface area contributed by atoms with Crippen LogP contribution in [0.3, 0.4) is 0 Å². The van der Waals surface area contributed by atoms with E-state index in [1.165, 1.54) is 0 Å². The number of Topliss-reactive ketones (excluding diaryl/α,β-unsaturated/α-hetero) is 1. The number of alkyl carbamates (subject to hydrolysis) is 1. The summed E-state index contributed by atoms with van der Waals surface area (Å²) in [4.78, 5) is 37.5. The molecular formula is C18H28N2O4. The van der Waals surface area contributed by atoms with Gasteiger partial charge in [0.1, 0.15) is 5.60 Å². The summed E-state index contributed by atoms with van der Waals surface area (Å²) in [6.45, 7) is 6.88. The highest BCUT2D eigenvalue weighted by molar-refractivity contribution is 6.37. The second-order valence-corrected chi connectivity index (χ2v) is 8.68. The van der Waals surface area contributed by atoms with Crippen LogP contribution in [0, 0.1) is 11.3 Å². The van der Waals surface area contributed by atoms with Crippen LogP contribution in [0.4, 0.5) is 4.79 Å². The Kier molecular flexibility index (Phi) is 4.34. The van der Waals surface area contributed by atoms with Crippen molar-refractivity contribution in [2.45, 2.75) is 70.9 Å². The van der Waals surface area contributed by atoms with E-state index in [1.54, 1.807) is 4.90 Å². The molecule has 3 fully saturated rings. The predicted octanol–water partition coefficient (Wildman–Crippen LogP) is 2.26. The normalized spacial score (nSPS) is 23.5. The first-order valence-electron chi connectivity index (χ1n) is 9.00. The van der Waals surface area contributed by atoms with Crippen LogP contribution in [0.5, 0.6) is 0 Å². The van der Waals surface area contributed by atoms with E-state index in [4.69, 9.17) is 4.74 Å². The molecule has 0 aromatic heterocycles. The molecular weight excluding hydrogens is 308 g/mol. The second kappa shape index (κ2) is 6.05. The fourth-order valence-electron chi connectivity index (χ4n) is 3.83. The SMILES string of the molecule is CC(C)(C)OC(=O)NC1CC2(CCN(C(=O)C(=O)C3CC3)CC2)C1. The highest BCUT2D eigenvalue weighted by Crippen LogP contribution is 2.49. The van der Waals surface area contributed by atoms with Gasteiger partial charge in [-0.2, -0.15) is 0 Å². The largest absolute Gasteiger partial charge is 0.444 e. The summed E-state index contributed by atoms with van der Waals surface area (Å²) in [5, 5.41) is 2.92. The van der Waals surface area contributed by atoms with E-state index in [0.717, 1.165) is 38.5 Å². The molecule has 2 aliphatic carbocycles. The Balaban J connectivity index is 1.41. The average molecular weight is 336 g/mol. The third kappa shape index (κ3) is 3.90. The van der Waals surface area contributed by atoms with E-state index in [-0.39, 0.29) is 35.2 Å². The van der Waals surface area contributed by atoms with Crippen LogP contribution in [0.25, 0.3) is 0 Å². The van der Waals surface area contributed by atoms with Crippen molar-refractivity contribution in [2.75, 3.05) is 13.1 Å². The van der Waals surface area contributed by atoms with Gasteiger partial charge in [-0.15, -0.1) is 0 Å². The van der Waals surface area contributed by atoms with Crippen molar-refractivity contribution in [3.05, 3.63) is 0 Å². The number of carbonyl (C=O) groups excluding carboxylic acids is 3. The van der Waals surface area contributed by atoms with Crippen LogP contribution < -0.4 is 5.32 Å². The van der Waals surface area contributed by atoms with Crippen LogP contribution in [0.2, 0.25) is 0 Å². The van der Waals surface area contributed by atoms with E-state index in [1.807, 2.05) is 20.8 Å². The number of ketones is 1. The maximum atomic E-state index is 12.1. The molecule has 24 heavy (non-hydrogen) atoms. The van der Waals surface area contributed by atoms with Crippen molar-refractivity contribution in [2.24, 2.45) is 11.3 Å². The fourth-order valence-corrected chi connectivity index (χ4v) is 3.83. The van der Waals surface area contributed by atoms with Crippen molar-refractivity contribution >= 4 is 17.8 Å². The molecule has 134 valence electrons. The van der Waals surface area contributed by atoms with E-state index in [0.29, 0.717) is 13.1 Å². The molecule has 1 aliphatic heterocycles. The first-order chi connectivity index (χ1) is 11.2. The maximum absolute atomic E-state index is 12.1. The van der Waals surface area contributed by atoms with Crippen LogP contribution in [0.1, 0.15) is 59.3 Å². The molecule has 0 aromatic rings. The van der Waals surface area contributed by atoms with Crippen molar-refractivity contribution in [3.8, 4) is 0 Å². The van der Waals surface area contributed by atoms with Crippen LogP contribution in [-0.2, 0) is 14.3 Å². The zero-order valence-corrected chi connectivity index (χ0v) is 14.9. The van der Waals surface area contributed by atoms with E-state index in [2.05, 4.69) is 5.32 Å². The van der Waals surface area contributed by atoms with Crippen molar-refractivity contribution in [1.29, 1.82) is 0 Å². The number of nitrogens with one attached hydrogen (secondary N) is 1. The summed E-state index contributed by atoms with van der Waals surface area (Å²) in [6.07, 6.45) is 5.10. The lowest BCUT2D eigenvalue weighted by Crippen LogP contribution is -2.56. The number of nitrogens with zero attached hydrogens (tertiary/aromatic N) is 1. The smallest absolute Gasteiger partial charge is 0.407 e. The Labute approximate surface area is 143 Å². The molecule has 3 rings (SSSR count). The van der Waals surface area contributed by atoms with Gasteiger partial charge in [0.2, 0.25) is 5.78 Å². The summed E-state index contributed by atoms with van der Waals surface area (Å²) < 4.78 is 5.28. The molecule has 2 amide bonds. The third-order valence-corrected chi connectivity index (χ3v) is 5.35. The Morgan fingerprint density at radius 1 is 1.08 bits per heavy atom. The number of piperidine rings is 1. The molecule has 6 heteroatoms. The molecule has 1 saturated heterocycles. The minimum absolute atomic E-state index is 0.000464. The van der Waals surface area contributed by atoms with Crippen LogP contribution in [0.15, 0.2) is 0 Å². The summed E-state index contributed by atoms with van der Waals surface area (Å²) in [6, 6.07) is 0.162. The summed E-state index contributed by atoms with van der Waals surface area (Å²) >= 11 is 0. The van der Waals surface area contributed by atoms with Gasteiger partial charge in [0.25, 0.3) is 5.91 Å². The molecule has 0 radical (unpaired) electrons. The number of ether oxygens (including phenoxy) is 1. The Hall–Kier alpha value is -1.59. The highest BCUT2D eigenvalue weighted by atomic mass is 16.6. The summed E-state index contributed by atoms with van der Waals surface area (Å²) in [5.74, 6) is -0.473. The molecule has 0 aromatic carbocycles. The quantitative estimate of drug-likeness (QED) is 0.802. The van der Waals surface area contributed by atoms with Crippen molar-refractivity contribution < 1.29 is 19.1 Å². The molecule has 0 bridgehead atoms. The predicted molar refractivity (Wildman–Crippen MR) is 88.4 cm³/mol. The van der Waals surface area contributed by atoms with Crippen molar-refractivity contribution in [1.82, 2.24) is 10.2 Å². The van der Waals surface area contributed by atoms with Crippen LogP contribution >= 0.6 is 0 Å². The van der Waals surface area contributed by atoms with Gasteiger partial charge in [0.15, 0.2) is 0 Å². The Morgan fingerprint density at radius 2 is 1.67 bits per heavy atom. The standard InChI is InChI=1S/C18H28N2O4/c1-17(2,3)24-16(23)19-13-10-18(11-13)6-8-20(9-7-18)15(22)14(21)12-4-5-12/h12-13H,4-11H2,1-3H3,(H,19,23). The van der Waals surface area contributed by atoms with Gasteiger partial charge >= 0.3 is 6.09 Å². The molecule has 1 spiro atoms. The molecule has 0 atom stereocenters. The van der Waals surface area contributed by atoms with Gasteiger partial charge < -0.3 is 15.0 Å². The molecule has 6 nitrogen and oxygen atoms in total. The molecule has 3 aliphatic rings. The van der Waals surface area contributed by atoms with Gasteiger partial charge in [0, 0.05) is 25.0 Å². The van der Waals surface area contributed by atoms with E-state index >= 15 is 0 Å². The number of amides is 2. The van der Waals surface area contributed by atoms with Crippen molar-refractivity contribution in [3.63, 3.8) is 0 Å². The summed E-state index contributed by atoms with van der Waals surface area (Å²) in [7, 11) is 0. The minimum Gasteiger partial charge on any atom is -0.444 e. The number of carbonyl (C=O) groups is 3. The molecule has 1 N–H and O–H groups in total. The fraction of sp³-hybridized carbons (Fsp3) is 0.833. The topological polar surface area (TPSA) is 75.7 Å². The van der Waals surface area contributed by atoms with Gasteiger partial charge in [0.05, 0.1) is 0 Å². The second-order valence-electron chi connectivity index (χ2n) is 8.68. The van der Waals surface area contributed by atoms with Crippen LogP contribution in [-0.4, -0.2) is 47.4 Å². The lowest BCUT2D eigenvalue weighted by atomic mass is 9.60. The third-order valence-electron chi connectivity index (χ3n) is 5.35. The number of hydrogen-bond acceptors (Lipinski definition) is 4. The van der Waals surface area contributed by atoms with Gasteiger partial charge in [-0.1, -0.05) is 0 Å². The first-order valence-corrected chi connectivity index (χ1v) is 9.00.